The molecule has 0 saturated heterocycles. The molecular weight excluding hydrogens is 516 g/mol. The summed E-state index contributed by atoms with van der Waals surface area (Å²) in [4.78, 5) is 26.7. The maximum atomic E-state index is 13.0. The van der Waals surface area contributed by atoms with Gasteiger partial charge in [0, 0.05) is 22.7 Å². The van der Waals surface area contributed by atoms with Crippen molar-refractivity contribution < 1.29 is 9.90 Å². The lowest BCUT2D eigenvalue weighted by Crippen LogP contribution is -2.39. The lowest BCUT2D eigenvalue weighted by molar-refractivity contribution is 0.0918. The molecule has 194 valence electrons. The van der Waals surface area contributed by atoms with Crippen LogP contribution >= 0.6 is 11.6 Å². The van der Waals surface area contributed by atoms with Crippen molar-refractivity contribution in [1.29, 1.82) is 5.26 Å². The minimum Gasteiger partial charge on any atom is -0.507 e. The number of aromatic hydroxyl groups is 1. The Hall–Kier alpha value is -4.75. The molecule has 10 nitrogen and oxygen atoms in total. The molecule has 0 spiro atoms. The third-order valence-electron chi connectivity index (χ3n) is 7.06. The van der Waals surface area contributed by atoms with Crippen molar-refractivity contribution in [3.63, 3.8) is 0 Å². The summed E-state index contributed by atoms with van der Waals surface area (Å²) >= 11 is 6.06. The van der Waals surface area contributed by atoms with E-state index in [0.29, 0.717) is 39.9 Å². The number of amides is 1. The maximum Gasteiger partial charge on any atom is 0.255 e. The van der Waals surface area contributed by atoms with Crippen molar-refractivity contribution in [1.82, 2.24) is 35.0 Å². The van der Waals surface area contributed by atoms with Gasteiger partial charge in [0.15, 0.2) is 5.82 Å². The first-order valence-electron chi connectivity index (χ1n) is 12.5. The zero-order chi connectivity index (χ0) is 26.9. The van der Waals surface area contributed by atoms with Crippen molar-refractivity contribution in [2.24, 2.45) is 0 Å². The highest BCUT2D eigenvalue weighted by Crippen LogP contribution is 2.37. The summed E-state index contributed by atoms with van der Waals surface area (Å²) in [6, 6.07) is 15.8. The molecule has 2 atom stereocenters. The number of nitriles is 1. The number of imidazole rings is 1. The second kappa shape index (κ2) is 10.2. The van der Waals surface area contributed by atoms with E-state index in [1.807, 2.05) is 24.3 Å². The van der Waals surface area contributed by atoms with Gasteiger partial charge in [0.1, 0.15) is 29.1 Å². The lowest BCUT2D eigenvalue weighted by Gasteiger charge is -2.32. The largest absolute Gasteiger partial charge is 0.507 e. The van der Waals surface area contributed by atoms with E-state index >= 15 is 0 Å². The number of nitrogens with zero attached hydrogens (tertiary/aromatic N) is 6. The van der Waals surface area contributed by atoms with Crippen LogP contribution in [0.5, 0.6) is 5.75 Å². The van der Waals surface area contributed by atoms with E-state index in [2.05, 4.69) is 36.1 Å². The Balaban J connectivity index is 1.40. The van der Waals surface area contributed by atoms with Gasteiger partial charge in [-0.25, -0.2) is 9.97 Å². The molecule has 1 fully saturated rings. The standard InChI is InChI=1S/C28H23ClN8O2/c29-17-8-9-25(38)21(10-17)28(39)34-18-5-3-6-19(11-18)37-24-12-22(26-32-15-33-36-26)31-14-23(24)35-27(37)20-7-2-1-4-16(20)13-30/h1-2,4,7-10,12,14-15,18-19,38H,3,5-6,11H2,(H,34,39)(H,32,33,36)/t18-,19+/m0/s1. The number of halogens is 1. The average molecular weight is 539 g/mol. The van der Waals surface area contributed by atoms with Crippen LogP contribution in [0.25, 0.3) is 33.9 Å². The van der Waals surface area contributed by atoms with Crippen LogP contribution in [0.15, 0.2) is 61.1 Å². The number of H-pyrrole nitrogens is 1. The molecule has 2 aromatic carbocycles. The molecule has 0 bridgehead atoms. The zero-order valence-electron chi connectivity index (χ0n) is 20.7. The van der Waals surface area contributed by atoms with Crippen LogP contribution in [0.4, 0.5) is 0 Å². The van der Waals surface area contributed by atoms with Crippen LogP contribution in [-0.2, 0) is 0 Å². The van der Waals surface area contributed by atoms with Crippen LogP contribution < -0.4 is 5.32 Å². The number of fused-ring (bicyclic) bond motifs is 1. The number of carbonyl (C=O) groups is 1. The SMILES string of the molecule is N#Cc1ccccc1-c1nc2cnc(-c3nc[nH]n3)cc2n1[C@@H]1CCC[C@H](NC(=O)c2cc(Cl)ccc2O)C1. The molecule has 5 aromatic rings. The molecule has 3 heterocycles. The van der Waals surface area contributed by atoms with Crippen molar-refractivity contribution >= 4 is 28.5 Å². The van der Waals surface area contributed by atoms with Gasteiger partial charge in [-0.05, 0) is 62.1 Å². The number of hydrogen-bond acceptors (Lipinski definition) is 7. The van der Waals surface area contributed by atoms with E-state index in [1.165, 1.54) is 24.5 Å². The summed E-state index contributed by atoms with van der Waals surface area (Å²) in [7, 11) is 0. The smallest absolute Gasteiger partial charge is 0.255 e. The van der Waals surface area contributed by atoms with Crippen molar-refractivity contribution in [2.75, 3.05) is 0 Å². The number of pyridine rings is 1. The highest BCUT2D eigenvalue weighted by molar-refractivity contribution is 6.31. The molecule has 0 aliphatic heterocycles. The predicted molar refractivity (Wildman–Crippen MR) is 145 cm³/mol. The number of phenols is 1. The highest BCUT2D eigenvalue weighted by Gasteiger charge is 2.29. The Morgan fingerprint density at radius 2 is 2.05 bits per heavy atom. The minimum absolute atomic E-state index is 0.0221. The zero-order valence-corrected chi connectivity index (χ0v) is 21.4. The fourth-order valence-electron chi connectivity index (χ4n) is 5.27. The summed E-state index contributed by atoms with van der Waals surface area (Å²) in [5.74, 6) is 0.647. The van der Waals surface area contributed by atoms with Gasteiger partial charge in [-0.2, -0.15) is 10.4 Å². The van der Waals surface area contributed by atoms with Crippen LogP contribution in [0.3, 0.4) is 0 Å². The fraction of sp³-hybridized carbons (Fsp3) is 0.214. The van der Waals surface area contributed by atoms with E-state index in [4.69, 9.17) is 16.6 Å². The Labute approximate surface area is 228 Å². The van der Waals surface area contributed by atoms with Gasteiger partial charge in [-0.15, -0.1) is 0 Å². The minimum atomic E-state index is -0.373. The molecule has 1 amide bonds. The second-order valence-corrected chi connectivity index (χ2v) is 9.93. The molecule has 6 rings (SSSR count). The number of carbonyl (C=O) groups excluding carboxylic acids is 1. The number of benzene rings is 2. The molecule has 11 heteroatoms. The molecule has 3 aromatic heterocycles. The maximum absolute atomic E-state index is 13.0. The topological polar surface area (TPSA) is 145 Å². The highest BCUT2D eigenvalue weighted by atomic mass is 35.5. The van der Waals surface area contributed by atoms with E-state index in [0.717, 1.165) is 30.3 Å². The summed E-state index contributed by atoms with van der Waals surface area (Å²) in [5.41, 5.74) is 3.52. The van der Waals surface area contributed by atoms with Gasteiger partial charge in [-0.3, -0.25) is 14.9 Å². The Kier molecular flexibility index (Phi) is 6.42. The average Bonchev–Trinajstić information content (AvgIpc) is 3.62. The first-order valence-corrected chi connectivity index (χ1v) is 12.9. The fourth-order valence-corrected chi connectivity index (χ4v) is 5.44. The van der Waals surface area contributed by atoms with Crippen LogP contribution in [-0.4, -0.2) is 46.8 Å². The van der Waals surface area contributed by atoms with Gasteiger partial charge in [0.25, 0.3) is 5.91 Å². The molecule has 39 heavy (non-hydrogen) atoms. The van der Waals surface area contributed by atoms with Crippen molar-refractivity contribution in [2.45, 2.75) is 37.8 Å². The van der Waals surface area contributed by atoms with Gasteiger partial charge in [-0.1, -0.05) is 23.7 Å². The first kappa shape index (κ1) is 24.6. The second-order valence-electron chi connectivity index (χ2n) is 9.50. The normalized spacial score (nSPS) is 17.1. The van der Waals surface area contributed by atoms with Crippen LogP contribution in [0.1, 0.15) is 47.6 Å². The van der Waals surface area contributed by atoms with E-state index < -0.39 is 0 Å². The van der Waals surface area contributed by atoms with E-state index in [1.54, 1.807) is 12.3 Å². The van der Waals surface area contributed by atoms with E-state index in [9.17, 15) is 15.2 Å². The van der Waals surface area contributed by atoms with Crippen molar-refractivity contribution in [3.8, 4) is 34.7 Å². The van der Waals surface area contributed by atoms with Crippen LogP contribution in [0, 0.1) is 11.3 Å². The summed E-state index contributed by atoms with van der Waals surface area (Å²) < 4.78 is 2.15. The molecular formula is C28H23ClN8O2. The third kappa shape index (κ3) is 4.69. The summed E-state index contributed by atoms with van der Waals surface area (Å²) in [5, 5.41) is 30.4. The summed E-state index contributed by atoms with van der Waals surface area (Å²) in [6.07, 6.45) is 6.36. The number of phenolic OH excluding ortho intramolecular Hbond substituents is 1. The summed E-state index contributed by atoms with van der Waals surface area (Å²) in [6.45, 7) is 0. The first-order chi connectivity index (χ1) is 19.0. The molecule has 0 radical (unpaired) electrons. The number of rotatable bonds is 5. The molecule has 1 aliphatic rings. The number of aromatic amines is 1. The lowest BCUT2D eigenvalue weighted by atomic mass is 9.90. The third-order valence-corrected chi connectivity index (χ3v) is 7.29. The Morgan fingerprint density at radius 3 is 2.87 bits per heavy atom. The van der Waals surface area contributed by atoms with Gasteiger partial charge in [0.2, 0.25) is 0 Å². The monoisotopic (exact) mass is 538 g/mol. The number of nitrogens with one attached hydrogen (secondary N) is 2. The Morgan fingerprint density at radius 1 is 1.18 bits per heavy atom. The molecule has 1 aliphatic carbocycles. The number of aromatic nitrogens is 6. The number of hydrogen-bond donors (Lipinski definition) is 3. The van der Waals surface area contributed by atoms with Gasteiger partial charge >= 0.3 is 0 Å². The van der Waals surface area contributed by atoms with Gasteiger partial charge < -0.3 is 15.0 Å². The molecule has 3 N–H and O–H groups in total. The molecule has 0 unspecified atom stereocenters. The predicted octanol–water partition coefficient (Wildman–Crippen LogP) is 5.03. The van der Waals surface area contributed by atoms with Gasteiger partial charge in [0.05, 0.1) is 28.9 Å². The quantitative estimate of drug-likeness (QED) is 0.284. The van der Waals surface area contributed by atoms with Crippen LogP contribution in [0.2, 0.25) is 5.02 Å². The van der Waals surface area contributed by atoms with Crippen molar-refractivity contribution in [3.05, 3.63) is 77.2 Å². The Bertz CT molecular complexity index is 1720. The molecule has 1 saturated carbocycles. The van der Waals surface area contributed by atoms with E-state index in [-0.39, 0.29) is 29.3 Å².